The van der Waals surface area contributed by atoms with Crippen molar-refractivity contribution in [1.29, 1.82) is 0 Å². The van der Waals surface area contributed by atoms with Crippen LogP contribution in [0.1, 0.15) is 18.1 Å². The van der Waals surface area contributed by atoms with Gasteiger partial charge in [-0.25, -0.2) is 0 Å². The molecule has 0 aromatic heterocycles. The molecule has 1 heterocycles. The summed E-state index contributed by atoms with van der Waals surface area (Å²) in [5.41, 5.74) is 2.41. The highest BCUT2D eigenvalue weighted by molar-refractivity contribution is 8.01. The van der Waals surface area contributed by atoms with E-state index in [1.165, 1.54) is 11.1 Å². The highest BCUT2D eigenvalue weighted by atomic mass is 32.2. The third-order valence-electron chi connectivity index (χ3n) is 2.47. The van der Waals surface area contributed by atoms with Crippen LogP contribution in [0.4, 0.5) is 0 Å². The summed E-state index contributed by atoms with van der Waals surface area (Å²) in [5.74, 6) is 0.683. The van der Waals surface area contributed by atoms with Crippen LogP contribution in [0.2, 0.25) is 0 Å². The van der Waals surface area contributed by atoms with Gasteiger partial charge in [0.2, 0.25) is 5.91 Å². The summed E-state index contributed by atoms with van der Waals surface area (Å²) in [7, 11) is 0. The number of benzene rings is 1. The molecule has 1 aromatic carbocycles. The number of thioether (sulfide) groups is 1. The lowest BCUT2D eigenvalue weighted by molar-refractivity contribution is -0.118. The summed E-state index contributed by atoms with van der Waals surface area (Å²) in [6.07, 6.45) is 0. The van der Waals surface area contributed by atoms with E-state index in [9.17, 15) is 4.79 Å². The van der Waals surface area contributed by atoms with Gasteiger partial charge in [0.1, 0.15) is 4.87 Å². The molecule has 2 rings (SSSR count). The number of hydrogen-bond acceptors (Lipinski definition) is 2. The lowest BCUT2D eigenvalue weighted by Gasteiger charge is -2.23. The number of carbonyl (C=O) groups is 1. The maximum Gasteiger partial charge on any atom is 0.231 e. The molecular formula is C11H13NOS. The second kappa shape index (κ2) is 3.31. The van der Waals surface area contributed by atoms with E-state index in [-0.39, 0.29) is 10.8 Å². The first-order chi connectivity index (χ1) is 6.60. The maximum atomic E-state index is 11.2. The zero-order chi connectivity index (χ0) is 10.2. The van der Waals surface area contributed by atoms with Crippen LogP contribution < -0.4 is 5.32 Å². The fourth-order valence-electron chi connectivity index (χ4n) is 1.58. The summed E-state index contributed by atoms with van der Waals surface area (Å²) in [5, 5.41) is 2.99. The smallest absolute Gasteiger partial charge is 0.231 e. The molecule has 0 bridgehead atoms. The van der Waals surface area contributed by atoms with Crippen LogP contribution in [0.5, 0.6) is 0 Å². The molecule has 1 aliphatic rings. The second-order valence-electron chi connectivity index (χ2n) is 3.74. The van der Waals surface area contributed by atoms with E-state index >= 15 is 0 Å². The van der Waals surface area contributed by atoms with Gasteiger partial charge in [0.25, 0.3) is 0 Å². The summed E-state index contributed by atoms with van der Waals surface area (Å²) in [4.78, 5) is 10.9. The molecule has 1 saturated heterocycles. The summed E-state index contributed by atoms with van der Waals surface area (Å²) >= 11 is 1.65. The third kappa shape index (κ3) is 1.64. The first kappa shape index (κ1) is 9.59. The van der Waals surface area contributed by atoms with Gasteiger partial charge in [0, 0.05) is 0 Å². The Morgan fingerprint density at radius 3 is 2.50 bits per heavy atom. The zero-order valence-electron chi connectivity index (χ0n) is 8.33. The molecule has 0 saturated carbocycles. The van der Waals surface area contributed by atoms with Gasteiger partial charge in [0.15, 0.2) is 0 Å². The lowest BCUT2D eigenvalue weighted by atomic mass is 10.1. The average molecular weight is 207 g/mol. The van der Waals surface area contributed by atoms with Crippen molar-refractivity contribution in [2.75, 3.05) is 5.75 Å². The van der Waals surface area contributed by atoms with Crippen LogP contribution in [0, 0.1) is 6.92 Å². The van der Waals surface area contributed by atoms with Crippen LogP contribution in [0.3, 0.4) is 0 Å². The fourth-order valence-corrected chi connectivity index (χ4v) is 2.56. The van der Waals surface area contributed by atoms with Crippen molar-refractivity contribution >= 4 is 17.7 Å². The van der Waals surface area contributed by atoms with Crippen LogP contribution >= 0.6 is 11.8 Å². The second-order valence-corrected chi connectivity index (χ2v) is 5.13. The average Bonchev–Trinajstić information content (AvgIpc) is 2.48. The maximum absolute atomic E-state index is 11.2. The number of carbonyl (C=O) groups excluding carboxylic acids is 1. The Hall–Kier alpha value is -0.960. The molecular weight excluding hydrogens is 194 g/mol. The third-order valence-corrected chi connectivity index (χ3v) is 3.79. The van der Waals surface area contributed by atoms with E-state index in [4.69, 9.17) is 0 Å². The Balaban J connectivity index is 2.30. The molecule has 0 spiro atoms. The minimum atomic E-state index is -0.231. The monoisotopic (exact) mass is 207 g/mol. The molecule has 1 N–H and O–H groups in total. The van der Waals surface area contributed by atoms with Crippen LogP contribution in [-0.4, -0.2) is 11.7 Å². The number of amides is 1. The van der Waals surface area contributed by atoms with Crippen molar-refractivity contribution < 1.29 is 4.79 Å². The Bertz CT molecular complexity index is 360. The largest absolute Gasteiger partial charge is 0.337 e. The number of aryl methyl sites for hydroxylation is 1. The minimum Gasteiger partial charge on any atom is -0.337 e. The Kier molecular flexibility index (Phi) is 2.27. The number of rotatable bonds is 1. The first-order valence-corrected chi connectivity index (χ1v) is 5.61. The van der Waals surface area contributed by atoms with E-state index in [2.05, 4.69) is 36.5 Å². The van der Waals surface area contributed by atoms with Crippen molar-refractivity contribution in [3.8, 4) is 0 Å². The molecule has 0 unspecified atom stereocenters. The van der Waals surface area contributed by atoms with Gasteiger partial charge in [0.05, 0.1) is 5.75 Å². The van der Waals surface area contributed by atoms with Gasteiger partial charge >= 0.3 is 0 Å². The van der Waals surface area contributed by atoms with Crippen molar-refractivity contribution in [1.82, 2.24) is 5.32 Å². The first-order valence-electron chi connectivity index (χ1n) is 4.62. The van der Waals surface area contributed by atoms with Crippen LogP contribution in [0.25, 0.3) is 0 Å². The molecule has 74 valence electrons. The quantitative estimate of drug-likeness (QED) is 0.763. The van der Waals surface area contributed by atoms with Gasteiger partial charge in [-0.05, 0) is 19.4 Å². The van der Waals surface area contributed by atoms with Gasteiger partial charge in [-0.3, -0.25) is 4.79 Å². The molecule has 14 heavy (non-hydrogen) atoms. The molecule has 1 aromatic rings. The highest BCUT2D eigenvalue weighted by Gasteiger charge is 2.35. The van der Waals surface area contributed by atoms with Gasteiger partial charge in [-0.15, -0.1) is 11.8 Å². The van der Waals surface area contributed by atoms with Crippen molar-refractivity contribution in [3.05, 3.63) is 35.4 Å². The molecule has 0 radical (unpaired) electrons. The molecule has 1 fully saturated rings. The fraction of sp³-hybridized carbons (Fsp3) is 0.364. The predicted molar refractivity (Wildman–Crippen MR) is 59.1 cm³/mol. The molecule has 1 amide bonds. The zero-order valence-corrected chi connectivity index (χ0v) is 9.15. The van der Waals surface area contributed by atoms with Crippen molar-refractivity contribution in [2.45, 2.75) is 18.7 Å². The number of nitrogens with one attached hydrogen (secondary N) is 1. The Labute approximate surface area is 88.1 Å². The van der Waals surface area contributed by atoms with Gasteiger partial charge < -0.3 is 5.32 Å². The van der Waals surface area contributed by atoms with E-state index in [1.54, 1.807) is 11.8 Å². The SMILES string of the molecule is Cc1ccc([C@]2(C)NC(=O)CS2)cc1. The van der Waals surface area contributed by atoms with E-state index in [1.807, 2.05) is 6.92 Å². The normalized spacial score (nSPS) is 26.3. The topological polar surface area (TPSA) is 29.1 Å². The summed E-state index contributed by atoms with van der Waals surface area (Å²) in [6.45, 7) is 4.11. The number of hydrogen-bond donors (Lipinski definition) is 1. The highest BCUT2D eigenvalue weighted by Crippen LogP contribution is 2.37. The van der Waals surface area contributed by atoms with Crippen LogP contribution in [0.15, 0.2) is 24.3 Å². The lowest BCUT2D eigenvalue weighted by Crippen LogP contribution is -2.33. The summed E-state index contributed by atoms with van der Waals surface area (Å²) < 4.78 is 0. The van der Waals surface area contributed by atoms with E-state index < -0.39 is 0 Å². The molecule has 2 nitrogen and oxygen atoms in total. The van der Waals surface area contributed by atoms with Gasteiger partial charge in [-0.1, -0.05) is 29.8 Å². The van der Waals surface area contributed by atoms with Crippen LogP contribution in [-0.2, 0) is 9.67 Å². The summed E-state index contributed by atoms with van der Waals surface area (Å²) in [6, 6.07) is 8.30. The van der Waals surface area contributed by atoms with E-state index in [0.717, 1.165) is 0 Å². The van der Waals surface area contributed by atoms with Crippen molar-refractivity contribution in [3.63, 3.8) is 0 Å². The Morgan fingerprint density at radius 2 is 2.00 bits per heavy atom. The Morgan fingerprint density at radius 1 is 1.36 bits per heavy atom. The molecule has 1 aliphatic heterocycles. The molecule has 0 aliphatic carbocycles. The molecule has 1 atom stereocenters. The van der Waals surface area contributed by atoms with Crippen molar-refractivity contribution in [2.24, 2.45) is 0 Å². The van der Waals surface area contributed by atoms with E-state index in [0.29, 0.717) is 5.75 Å². The van der Waals surface area contributed by atoms with Gasteiger partial charge in [-0.2, -0.15) is 0 Å². The predicted octanol–water partition coefficient (Wildman–Crippen LogP) is 2.03. The molecule has 3 heteroatoms. The minimum absolute atomic E-state index is 0.123. The standard InChI is InChI=1S/C11H13NOS/c1-8-3-5-9(6-4-8)11(2)12-10(13)7-14-11/h3-6H,7H2,1-2H3,(H,12,13)/t11-/m1/s1.